The van der Waals surface area contributed by atoms with E-state index < -0.39 is 23.5 Å². The number of halogens is 1. The number of ether oxygens (including phenoxy) is 2. The zero-order chi connectivity index (χ0) is 25.7. The molecule has 2 heterocycles. The number of methoxy groups -OCH3 is 1. The lowest BCUT2D eigenvalue weighted by molar-refractivity contribution is -0.140. The molecule has 0 spiro atoms. The Morgan fingerprint density at radius 1 is 1.08 bits per heavy atom. The molecule has 1 aliphatic heterocycles. The molecule has 8 heteroatoms. The number of amides is 1. The Balaban J connectivity index is 1.78. The standard InChI is InChI=1S/C28H28FNO6/c1-3-4-5-14-36-22-13-10-19(16-23(22)34-2)25-24(26(31)18-8-11-20(29)12-9-18)27(32)28(33)30(25)17-21-7-6-15-35-21/h6-13,15-16,25,31H,3-5,14,17H2,1-2H3. The van der Waals surface area contributed by atoms with Gasteiger partial charge in [-0.25, -0.2) is 4.39 Å². The van der Waals surface area contributed by atoms with Crippen molar-refractivity contribution in [2.45, 2.75) is 38.8 Å². The highest BCUT2D eigenvalue weighted by Gasteiger charge is 2.46. The third kappa shape index (κ3) is 5.12. The quantitative estimate of drug-likeness (QED) is 0.171. The van der Waals surface area contributed by atoms with E-state index in [9.17, 15) is 19.1 Å². The fraction of sp³-hybridized carbons (Fsp3) is 0.286. The fourth-order valence-corrected chi connectivity index (χ4v) is 4.23. The highest BCUT2D eigenvalue weighted by Crippen LogP contribution is 2.42. The number of carbonyl (C=O) groups excluding carboxylic acids is 2. The van der Waals surface area contributed by atoms with Crippen LogP contribution in [0.25, 0.3) is 5.76 Å². The van der Waals surface area contributed by atoms with Gasteiger partial charge in [-0.2, -0.15) is 0 Å². The molecule has 188 valence electrons. The van der Waals surface area contributed by atoms with Crippen molar-refractivity contribution >= 4 is 17.4 Å². The van der Waals surface area contributed by atoms with E-state index >= 15 is 0 Å². The van der Waals surface area contributed by atoms with Crippen LogP contribution >= 0.6 is 0 Å². The van der Waals surface area contributed by atoms with Gasteiger partial charge in [0.15, 0.2) is 11.5 Å². The molecule has 1 unspecified atom stereocenters. The van der Waals surface area contributed by atoms with Crippen LogP contribution in [0.3, 0.4) is 0 Å². The van der Waals surface area contributed by atoms with Gasteiger partial charge in [0.2, 0.25) is 0 Å². The summed E-state index contributed by atoms with van der Waals surface area (Å²) in [6, 6.07) is 12.7. The van der Waals surface area contributed by atoms with Gasteiger partial charge >= 0.3 is 0 Å². The highest BCUT2D eigenvalue weighted by atomic mass is 19.1. The molecular formula is C28H28FNO6. The summed E-state index contributed by atoms with van der Waals surface area (Å²) in [6.07, 6.45) is 4.50. The number of benzene rings is 2. The van der Waals surface area contributed by atoms with Crippen LogP contribution in [-0.4, -0.2) is 35.4 Å². The van der Waals surface area contributed by atoms with E-state index in [2.05, 4.69) is 6.92 Å². The second-order valence-corrected chi connectivity index (χ2v) is 8.48. The summed E-state index contributed by atoms with van der Waals surface area (Å²) in [5, 5.41) is 11.1. The van der Waals surface area contributed by atoms with Crippen molar-refractivity contribution in [3.63, 3.8) is 0 Å². The zero-order valence-electron chi connectivity index (χ0n) is 20.2. The molecular weight excluding hydrogens is 465 g/mol. The maximum Gasteiger partial charge on any atom is 0.296 e. The molecule has 1 aromatic heterocycles. The van der Waals surface area contributed by atoms with Crippen molar-refractivity contribution in [3.05, 3.63) is 89.1 Å². The minimum absolute atomic E-state index is 0.0139. The van der Waals surface area contributed by atoms with E-state index in [-0.39, 0.29) is 23.4 Å². The Labute approximate surface area is 208 Å². The number of nitrogens with zero attached hydrogens (tertiary/aromatic N) is 1. The molecule has 2 aromatic carbocycles. The average molecular weight is 494 g/mol. The number of unbranched alkanes of at least 4 members (excludes halogenated alkanes) is 2. The second-order valence-electron chi connectivity index (χ2n) is 8.48. The van der Waals surface area contributed by atoms with Crippen LogP contribution in [0.15, 0.2) is 70.9 Å². The summed E-state index contributed by atoms with van der Waals surface area (Å²) >= 11 is 0. The van der Waals surface area contributed by atoms with Crippen molar-refractivity contribution < 1.29 is 33.0 Å². The molecule has 1 N–H and O–H groups in total. The lowest BCUT2D eigenvalue weighted by Gasteiger charge is -2.25. The summed E-state index contributed by atoms with van der Waals surface area (Å²) in [5.41, 5.74) is 0.666. The number of hydrogen-bond donors (Lipinski definition) is 1. The topological polar surface area (TPSA) is 89.2 Å². The lowest BCUT2D eigenvalue weighted by Crippen LogP contribution is -2.29. The number of Topliss-reactive ketones (excluding diaryl/α,β-unsaturated/α-hetero) is 1. The van der Waals surface area contributed by atoms with Crippen LogP contribution in [-0.2, 0) is 16.1 Å². The zero-order valence-corrected chi connectivity index (χ0v) is 20.2. The number of ketones is 1. The van der Waals surface area contributed by atoms with E-state index in [4.69, 9.17) is 13.9 Å². The van der Waals surface area contributed by atoms with Crippen LogP contribution in [0.4, 0.5) is 4.39 Å². The first-order valence-corrected chi connectivity index (χ1v) is 11.8. The number of aliphatic hydroxyl groups excluding tert-OH is 1. The van der Waals surface area contributed by atoms with E-state index in [1.807, 2.05) is 0 Å². The number of hydrogen-bond acceptors (Lipinski definition) is 6. The summed E-state index contributed by atoms with van der Waals surface area (Å²) < 4.78 is 30.3. The molecule has 36 heavy (non-hydrogen) atoms. The maximum atomic E-state index is 13.5. The Morgan fingerprint density at radius 2 is 1.86 bits per heavy atom. The molecule has 1 fully saturated rings. The molecule has 1 atom stereocenters. The Kier molecular flexibility index (Phi) is 7.73. The SMILES string of the molecule is CCCCCOc1ccc(C2C(=C(O)c3ccc(F)cc3)C(=O)C(=O)N2Cc2ccco2)cc1OC. The molecule has 1 amide bonds. The second kappa shape index (κ2) is 11.1. The molecule has 1 saturated heterocycles. The predicted octanol–water partition coefficient (Wildman–Crippen LogP) is 5.62. The van der Waals surface area contributed by atoms with E-state index in [1.54, 1.807) is 30.3 Å². The molecule has 1 aliphatic rings. The van der Waals surface area contributed by atoms with E-state index in [0.717, 1.165) is 19.3 Å². The average Bonchev–Trinajstić information content (AvgIpc) is 3.49. The third-order valence-electron chi connectivity index (χ3n) is 6.07. The van der Waals surface area contributed by atoms with Gasteiger partial charge in [0.1, 0.15) is 17.3 Å². The number of carbonyl (C=O) groups is 2. The molecule has 0 radical (unpaired) electrons. The summed E-state index contributed by atoms with van der Waals surface area (Å²) in [5.74, 6) is -1.04. The molecule has 4 rings (SSSR count). The van der Waals surface area contributed by atoms with Crippen LogP contribution < -0.4 is 9.47 Å². The van der Waals surface area contributed by atoms with Crippen molar-refractivity contribution in [2.24, 2.45) is 0 Å². The summed E-state index contributed by atoms with van der Waals surface area (Å²) in [6.45, 7) is 2.66. The highest BCUT2D eigenvalue weighted by molar-refractivity contribution is 6.46. The van der Waals surface area contributed by atoms with Gasteiger partial charge in [0, 0.05) is 5.56 Å². The van der Waals surface area contributed by atoms with Gasteiger partial charge in [-0.05, 0) is 60.5 Å². The molecule has 7 nitrogen and oxygen atoms in total. The number of likely N-dealkylation sites (tertiary alicyclic amines) is 1. The summed E-state index contributed by atoms with van der Waals surface area (Å²) in [4.78, 5) is 27.6. The number of furan rings is 1. The van der Waals surface area contributed by atoms with Crippen LogP contribution in [0.2, 0.25) is 0 Å². The smallest absolute Gasteiger partial charge is 0.296 e. The van der Waals surface area contributed by atoms with Crippen molar-refractivity contribution in [2.75, 3.05) is 13.7 Å². The van der Waals surface area contributed by atoms with Gasteiger partial charge in [0.25, 0.3) is 11.7 Å². The van der Waals surface area contributed by atoms with Crippen molar-refractivity contribution in [1.29, 1.82) is 0 Å². The van der Waals surface area contributed by atoms with Crippen LogP contribution in [0.5, 0.6) is 11.5 Å². The minimum Gasteiger partial charge on any atom is -0.507 e. The van der Waals surface area contributed by atoms with Crippen LogP contribution in [0.1, 0.15) is 49.1 Å². The Hall–Kier alpha value is -4.07. The van der Waals surface area contributed by atoms with E-state index in [0.29, 0.717) is 29.4 Å². The molecule has 0 saturated carbocycles. The normalized spacial score (nSPS) is 17.0. The fourth-order valence-electron chi connectivity index (χ4n) is 4.23. The van der Waals surface area contributed by atoms with Gasteiger partial charge in [-0.1, -0.05) is 25.8 Å². The van der Waals surface area contributed by atoms with Gasteiger partial charge in [-0.15, -0.1) is 0 Å². The Morgan fingerprint density at radius 3 is 2.53 bits per heavy atom. The van der Waals surface area contributed by atoms with Crippen molar-refractivity contribution in [3.8, 4) is 11.5 Å². The van der Waals surface area contributed by atoms with E-state index in [1.165, 1.54) is 42.5 Å². The molecule has 3 aromatic rings. The van der Waals surface area contributed by atoms with Gasteiger partial charge < -0.3 is 23.9 Å². The first kappa shape index (κ1) is 25.0. The Bertz CT molecular complexity index is 1250. The number of rotatable bonds is 10. The number of aliphatic hydroxyl groups is 1. The van der Waals surface area contributed by atoms with Gasteiger partial charge in [-0.3, -0.25) is 9.59 Å². The lowest BCUT2D eigenvalue weighted by atomic mass is 9.95. The maximum absolute atomic E-state index is 13.5. The summed E-state index contributed by atoms with van der Waals surface area (Å²) in [7, 11) is 1.51. The predicted molar refractivity (Wildman–Crippen MR) is 131 cm³/mol. The monoisotopic (exact) mass is 493 g/mol. The van der Waals surface area contributed by atoms with Crippen molar-refractivity contribution in [1.82, 2.24) is 4.90 Å². The van der Waals surface area contributed by atoms with Crippen LogP contribution in [0, 0.1) is 5.82 Å². The first-order valence-electron chi connectivity index (χ1n) is 11.8. The largest absolute Gasteiger partial charge is 0.507 e. The first-order chi connectivity index (χ1) is 17.4. The molecule has 0 aliphatic carbocycles. The van der Waals surface area contributed by atoms with Gasteiger partial charge in [0.05, 0.1) is 38.1 Å². The minimum atomic E-state index is -0.928. The molecule has 0 bridgehead atoms. The third-order valence-corrected chi connectivity index (χ3v) is 6.07.